The van der Waals surface area contributed by atoms with Crippen molar-refractivity contribution in [2.45, 2.75) is 6.92 Å². The van der Waals surface area contributed by atoms with Crippen molar-refractivity contribution in [3.63, 3.8) is 0 Å². The molecule has 2 aromatic carbocycles. The molecule has 0 bridgehead atoms. The number of esters is 1. The van der Waals surface area contributed by atoms with E-state index in [0.29, 0.717) is 10.2 Å². The molecule has 1 aromatic heterocycles. The normalized spacial score (nSPS) is 14.8. The minimum absolute atomic E-state index is 0.197. The van der Waals surface area contributed by atoms with Crippen LogP contribution in [0.25, 0.3) is 22.5 Å². The number of rotatable bonds is 4. The number of nitrogens with zero attached hydrogens (tertiary/aromatic N) is 3. The van der Waals surface area contributed by atoms with Gasteiger partial charge in [0.15, 0.2) is 5.17 Å². The Balaban J connectivity index is 1.76. The highest BCUT2D eigenvalue weighted by atomic mass is 35.5. The summed E-state index contributed by atoms with van der Waals surface area (Å²) in [4.78, 5) is 28.4. The molecule has 0 N–H and O–H groups in total. The maximum Gasteiger partial charge on any atom is 0.332 e. The smallest absolute Gasteiger partial charge is 0.332 e. The number of aliphatic imine (C=N–C) groups is 1. The molecule has 2 heterocycles. The van der Waals surface area contributed by atoms with Gasteiger partial charge in [0.25, 0.3) is 5.91 Å². The Morgan fingerprint density at radius 2 is 1.87 bits per heavy atom. The Labute approximate surface area is 182 Å². The summed E-state index contributed by atoms with van der Waals surface area (Å²) in [5.41, 5.74) is 3.29. The van der Waals surface area contributed by atoms with Gasteiger partial charge in [-0.05, 0) is 36.9 Å². The van der Waals surface area contributed by atoms with Gasteiger partial charge in [0.05, 0.1) is 22.9 Å². The van der Waals surface area contributed by atoms with E-state index in [1.807, 2.05) is 48.5 Å². The van der Waals surface area contributed by atoms with Gasteiger partial charge in [0.2, 0.25) is 0 Å². The molecule has 1 aliphatic heterocycles. The van der Waals surface area contributed by atoms with Crippen LogP contribution in [-0.4, -0.2) is 33.4 Å². The fraction of sp³-hybridized carbons (Fsp3) is 0.0909. The number of carbonyl (C=O) groups excluding carboxylic acids is 2. The maximum absolute atomic E-state index is 12.3. The van der Waals surface area contributed by atoms with Crippen LogP contribution in [0.5, 0.6) is 0 Å². The fourth-order valence-corrected chi connectivity index (χ4v) is 3.85. The molecule has 0 unspecified atom stereocenters. The Kier molecular flexibility index (Phi) is 5.83. The quantitative estimate of drug-likeness (QED) is 0.433. The zero-order chi connectivity index (χ0) is 21.1. The summed E-state index contributed by atoms with van der Waals surface area (Å²) >= 11 is 7.11. The molecule has 0 saturated heterocycles. The van der Waals surface area contributed by atoms with Crippen LogP contribution < -0.4 is 0 Å². The average molecular weight is 438 g/mol. The predicted molar refractivity (Wildman–Crippen MR) is 118 cm³/mol. The van der Waals surface area contributed by atoms with Crippen LogP contribution in [0.3, 0.4) is 0 Å². The molecule has 30 heavy (non-hydrogen) atoms. The summed E-state index contributed by atoms with van der Waals surface area (Å²) in [5.74, 6) is -1.07. The van der Waals surface area contributed by atoms with Crippen LogP contribution in [-0.2, 0) is 14.3 Å². The van der Waals surface area contributed by atoms with Crippen molar-refractivity contribution in [2.75, 3.05) is 6.61 Å². The average Bonchev–Trinajstić information content (AvgIpc) is 3.34. The van der Waals surface area contributed by atoms with Gasteiger partial charge in [-0.15, -0.1) is 0 Å². The number of benzene rings is 2. The van der Waals surface area contributed by atoms with Gasteiger partial charge < -0.3 is 4.74 Å². The lowest BCUT2D eigenvalue weighted by atomic mass is 10.1. The number of amides is 1. The van der Waals surface area contributed by atoms with E-state index >= 15 is 0 Å². The lowest BCUT2D eigenvalue weighted by Gasteiger charge is -2.06. The zero-order valence-electron chi connectivity index (χ0n) is 15.9. The van der Waals surface area contributed by atoms with Crippen molar-refractivity contribution in [3.05, 3.63) is 76.7 Å². The Morgan fingerprint density at radius 1 is 1.13 bits per heavy atom. The third kappa shape index (κ3) is 4.22. The lowest BCUT2D eigenvalue weighted by Crippen LogP contribution is -2.09. The Morgan fingerprint density at radius 3 is 2.57 bits per heavy atom. The Bertz CT molecular complexity index is 1170. The van der Waals surface area contributed by atoms with Crippen molar-refractivity contribution in [1.29, 1.82) is 0 Å². The molecule has 8 heteroatoms. The van der Waals surface area contributed by atoms with E-state index < -0.39 is 11.9 Å². The first kappa shape index (κ1) is 20.1. The molecule has 0 atom stereocenters. The minimum atomic E-state index is -0.576. The second-order valence-corrected chi connectivity index (χ2v) is 7.71. The van der Waals surface area contributed by atoms with Gasteiger partial charge in [-0.25, -0.2) is 9.48 Å². The number of ether oxygens (including phenoxy) is 1. The molecule has 0 fully saturated rings. The first-order valence-electron chi connectivity index (χ1n) is 9.16. The van der Waals surface area contributed by atoms with Gasteiger partial charge in [0, 0.05) is 22.2 Å². The first-order valence-corrected chi connectivity index (χ1v) is 10.4. The number of carbonyl (C=O) groups is 2. The van der Waals surface area contributed by atoms with E-state index in [2.05, 4.69) is 10.1 Å². The molecular formula is C22H16ClN3O3S. The van der Waals surface area contributed by atoms with Gasteiger partial charge >= 0.3 is 5.97 Å². The molecule has 150 valence electrons. The predicted octanol–water partition coefficient (Wildman–Crippen LogP) is 4.80. The number of hydrogen-bond donors (Lipinski definition) is 0. The third-order valence-corrected chi connectivity index (χ3v) is 5.46. The first-order chi connectivity index (χ1) is 14.5. The molecule has 1 amide bonds. The van der Waals surface area contributed by atoms with Crippen LogP contribution >= 0.6 is 23.4 Å². The van der Waals surface area contributed by atoms with Crippen LogP contribution in [0.2, 0.25) is 5.02 Å². The van der Waals surface area contributed by atoms with E-state index in [4.69, 9.17) is 16.3 Å². The monoisotopic (exact) mass is 437 g/mol. The lowest BCUT2D eigenvalue weighted by molar-refractivity contribution is -0.137. The highest BCUT2D eigenvalue weighted by molar-refractivity contribution is 8.18. The fourth-order valence-electron chi connectivity index (χ4n) is 2.88. The number of thioether (sulfide) groups is 1. The van der Waals surface area contributed by atoms with E-state index in [1.165, 1.54) is 0 Å². The van der Waals surface area contributed by atoms with E-state index in [9.17, 15) is 9.59 Å². The molecule has 4 rings (SSSR count). The number of aromatic nitrogens is 2. The molecule has 6 nitrogen and oxygen atoms in total. The molecule has 0 spiro atoms. The van der Waals surface area contributed by atoms with Gasteiger partial charge in [-0.3, -0.25) is 4.79 Å². The molecule has 0 saturated carbocycles. The highest BCUT2D eigenvalue weighted by Gasteiger charge is 2.27. The van der Waals surface area contributed by atoms with Crippen LogP contribution in [0.4, 0.5) is 0 Å². The van der Waals surface area contributed by atoms with Crippen LogP contribution in [0.15, 0.2) is 76.6 Å². The Hall–Kier alpha value is -3.16. The summed E-state index contributed by atoms with van der Waals surface area (Å²) < 4.78 is 6.50. The van der Waals surface area contributed by atoms with Gasteiger partial charge in [-0.1, -0.05) is 54.1 Å². The summed E-state index contributed by atoms with van der Waals surface area (Å²) in [7, 11) is 0. The third-order valence-electron chi connectivity index (χ3n) is 4.24. The highest BCUT2D eigenvalue weighted by Crippen LogP contribution is 2.33. The maximum atomic E-state index is 12.3. The van der Waals surface area contributed by atoms with Crippen molar-refractivity contribution in [1.82, 2.24) is 9.78 Å². The molecule has 3 aromatic rings. The van der Waals surface area contributed by atoms with E-state index in [-0.39, 0.29) is 11.5 Å². The minimum Gasteiger partial charge on any atom is -0.463 e. The SMILES string of the molecule is CCOC(=O)/C=C1\SC(n2nc(-c3ccccc3)cc2-c2ccc(Cl)cc2)=NC1=O. The second-order valence-electron chi connectivity index (χ2n) is 6.26. The van der Waals surface area contributed by atoms with Crippen molar-refractivity contribution in [2.24, 2.45) is 4.99 Å². The summed E-state index contributed by atoms with van der Waals surface area (Å²) in [6, 6.07) is 19.0. The van der Waals surface area contributed by atoms with E-state index in [1.54, 1.807) is 23.7 Å². The molecule has 0 radical (unpaired) electrons. The standard InChI is InChI=1S/C22H16ClN3O3S/c1-2-29-20(27)13-19-21(28)24-22(30-19)26-18(15-8-10-16(23)11-9-15)12-17(25-26)14-6-4-3-5-7-14/h3-13H,2H2,1H3/b19-13-. The van der Waals surface area contributed by atoms with Crippen molar-refractivity contribution < 1.29 is 14.3 Å². The molecule has 1 aliphatic rings. The van der Waals surface area contributed by atoms with Crippen LogP contribution in [0, 0.1) is 0 Å². The van der Waals surface area contributed by atoms with Crippen LogP contribution in [0.1, 0.15) is 6.92 Å². The topological polar surface area (TPSA) is 73.6 Å². The second kappa shape index (κ2) is 8.69. The van der Waals surface area contributed by atoms with E-state index in [0.717, 1.165) is 40.4 Å². The van der Waals surface area contributed by atoms with Crippen molar-refractivity contribution >= 4 is 40.4 Å². The molecule has 0 aliphatic carbocycles. The largest absolute Gasteiger partial charge is 0.463 e. The van der Waals surface area contributed by atoms with Crippen molar-refractivity contribution in [3.8, 4) is 22.5 Å². The van der Waals surface area contributed by atoms with Gasteiger partial charge in [-0.2, -0.15) is 10.1 Å². The summed E-state index contributed by atoms with van der Waals surface area (Å²) in [5, 5.41) is 5.67. The zero-order valence-corrected chi connectivity index (χ0v) is 17.5. The molecular weight excluding hydrogens is 422 g/mol. The number of hydrogen-bond acceptors (Lipinski definition) is 5. The summed E-state index contributed by atoms with van der Waals surface area (Å²) in [6.07, 6.45) is 1.16. The van der Waals surface area contributed by atoms with Gasteiger partial charge in [0.1, 0.15) is 0 Å². The summed E-state index contributed by atoms with van der Waals surface area (Å²) in [6.45, 7) is 1.94. The number of halogens is 1.